The molecule has 0 radical (unpaired) electrons. The summed E-state index contributed by atoms with van der Waals surface area (Å²) in [6, 6.07) is 18.0. The Kier molecular flexibility index (Phi) is 6.86. The molecule has 2 aromatic heterocycles. The molecule has 4 aromatic rings. The topological polar surface area (TPSA) is 52.3 Å². The molecule has 0 fully saturated rings. The lowest BCUT2D eigenvalue weighted by Gasteiger charge is -2.23. The van der Waals surface area contributed by atoms with E-state index in [9.17, 15) is 4.79 Å². The highest BCUT2D eigenvalue weighted by Gasteiger charge is 2.21. The molecule has 0 saturated carbocycles. The quantitative estimate of drug-likeness (QED) is 0.350. The summed E-state index contributed by atoms with van der Waals surface area (Å²) >= 11 is 6.26. The van der Waals surface area contributed by atoms with E-state index in [0.29, 0.717) is 30.5 Å². The van der Waals surface area contributed by atoms with Crippen LogP contribution in [0.1, 0.15) is 34.2 Å². The third-order valence-corrected chi connectivity index (χ3v) is 6.32. The molecule has 0 atom stereocenters. The van der Waals surface area contributed by atoms with Crippen LogP contribution in [0.25, 0.3) is 16.7 Å². The molecular formula is C26H29ClN4O2. The number of amides is 1. The summed E-state index contributed by atoms with van der Waals surface area (Å²) in [5, 5.41) is 0.432. The minimum Gasteiger partial charge on any atom is -0.383 e. The van der Waals surface area contributed by atoms with Gasteiger partial charge in [0.05, 0.1) is 17.6 Å². The Hall–Kier alpha value is -3.09. The highest BCUT2D eigenvalue weighted by Crippen LogP contribution is 2.24. The van der Waals surface area contributed by atoms with E-state index in [4.69, 9.17) is 16.3 Å². The number of halogens is 1. The SMILES string of the molecule is CCn1c(Cl)nc2cc(C(=O)N(CCOC)Cc3cc(C)n(-c4ccccc4)c3C)ccc21. The largest absolute Gasteiger partial charge is 0.383 e. The number of carbonyl (C=O) groups excluding carboxylic acids is 1. The van der Waals surface area contributed by atoms with Crippen LogP contribution >= 0.6 is 11.6 Å². The van der Waals surface area contributed by atoms with Gasteiger partial charge >= 0.3 is 0 Å². The van der Waals surface area contributed by atoms with Gasteiger partial charge in [0.2, 0.25) is 5.28 Å². The number of hydrogen-bond donors (Lipinski definition) is 0. The second kappa shape index (κ2) is 9.81. The minimum atomic E-state index is -0.0550. The average Bonchev–Trinajstić information content (AvgIpc) is 3.29. The van der Waals surface area contributed by atoms with Crippen LogP contribution in [-0.4, -0.2) is 45.2 Å². The molecule has 0 saturated heterocycles. The van der Waals surface area contributed by atoms with E-state index in [-0.39, 0.29) is 5.91 Å². The van der Waals surface area contributed by atoms with Crippen molar-refractivity contribution >= 4 is 28.5 Å². The van der Waals surface area contributed by atoms with Gasteiger partial charge in [-0.15, -0.1) is 0 Å². The standard InChI is InChI=1S/C26H29ClN4O2/c1-5-30-24-12-11-20(16-23(24)28-26(30)27)25(32)29(13-14-33-4)17-21-15-18(2)31(19(21)3)22-9-7-6-8-10-22/h6-12,15-16H,5,13-14,17H2,1-4H3. The van der Waals surface area contributed by atoms with E-state index in [1.807, 2.05) is 52.8 Å². The van der Waals surface area contributed by atoms with Gasteiger partial charge in [-0.25, -0.2) is 4.98 Å². The molecule has 2 aromatic carbocycles. The fraction of sp³-hybridized carbons (Fsp3) is 0.308. The van der Waals surface area contributed by atoms with Crippen molar-refractivity contribution < 1.29 is 9.53 Å². The van der Waals surface area contributed by atoms with Crippen molar-refractivity contribution in [2.45, 2.75) is 33.9 Å². The van der Waals surface area contributed by atoms with Crippen molar-refractivity contribution in [2.75, 3.05) is 20.3 Å². The van der Waals surface area contributed by atoms with Crippen molar-refractivity contribution in [1.82, 2.24) is 19.0 Å². The van der Waals surface area contributed by atoms with Gasteiger partial charge in [0.25, 0.3) is 5.91 Å². The monoisotopic (exact) mass is 464 g/mol. The molecule has 0 N–H and O–H groups in total. The van der Waals surface area contributed by atoms with E-state index < -0.39 is 0 Å². The van der Waals surface area contributed by atoms with Gasteiger partial charge < -0.3 is 18.8 Å². The number of hydrogen-bond acceptors (Lipinski definition) is 3. The van der Waals surface area contributed by atoms with Crippen molar-refractivity contribution in [3.63, 3.8) is 0 Å². The predicted octanol–water partition coefficient (Wildman–Crippen LogP) is 5.41. The Balaban J connectivity index is 1.65. The number of fused-ring (bicyclic) bond motifs is 1. The molecule has 0 unspecified atom stereocenters. The molecule has 2 heterocycles. The van der Waals surface area contributed by atoms with E-state index in [1.165, 1.54) is 0 Å². The number of aryl methyl sites for hydroxylation is 2. The summed E-state index contributed by atoms with van der Waals surface area (Å²) in [6.45, 7) is 8.38. The highest BCUT2D eigenvalue weighted by molar-refractivity contribution is 6.29. The lowest BCUT2D eigenvalue weighted by Crippen LogP contribution is -2.33. The van der Waals surface area contributed by atoms with E-state index in [1.54, 1.807) is 7.11 Å². The number of carbonyl (C=O) groups is 1. The number of imidazole rings is 1. The molecule has 0 spiro atoms. The number of aromatic nitrogens is 3. The van der Waals surface area contributed by atoms with Gasteiger partial charge in [0.15, 0.2) is 0 Å². The first kappa shape index (κ1) is 23.1. The number of methoxy groups -OCH3 is 1. The Morgan fingerprint density at radius 2 is 1.88 bits per heavy atom. The number of nitrogens with zero attached hydrogens (tertiary/aromatic N) is 4. The van der Waals surface area contributed by atoms with Crippen molar-refractivity contribution in [3.05, 3.63) is 82.4 Å². The van der Waals surface area contributed by atoms with Gasteiger partial charge in [0, 0.05) is 49.4 Å². The smallest absolute Gasteiger partial charge is 0.254 e. The van der Waals surface area contributed by atoms with Gasteiger partial charge in [0.1, 0.15) is 0 Å². The molecule has 33 heavy (non-hydrogen) atoms. The first-order valence-corrected chi connectivity index (χ1v) is 11.5. The molecule has 0 aliphatic heterocycles. The number of para-hydroxylation sites is 1. The summed E-state index contributed by atoms with van der Waals surface area (Å²) in [5.74, 6) is -0.0550. The molecule has 0 aliphatic carbocycles. The van der Waals surface area contributed by atoms with Crippen LogP contribution in [0.4, 0.5) is 0 Å². The second-order valence-corrected chi connectivity index (χ2v) is 8.45. The maximum absolute atomic E-state index is 13.5. The molecule has 0 bridgehead atoms. The van der Waals surface area contributed by atoms with E-state index >= 15 is 0 Å². The van der Waals surface area contributed by atoms with Crippen LogP contribution in [0.3, 0.4) is 0 Å². The fourth-order valence-corrected chi connectivity index (χ4v) is 4.64. The zero-order valence-corrected chi connectivity index (χ0v) is 20.3. The van der Waals surface area contributed by atoms with Crippen LogP contribution in [0.5, 0.6) is 0 Å². The second-order valence-electron chi connectivity index (χ2n) is 8.12. The predicted molar refractivity (Wildman–Crippen MR) is 132 cm³/mol. The summed E-state index contributed by atoms with van der Waals surface area (Å²) in [6.07, 6.45) is 0. The van der Waals surface area contributed by atoms with Crippen molar-refractivity contribution in [1.29, 1.82) is 0 Å². The Morgan fingerprint density at radius 1 is 1.12 bits per heavy atom. The van der Waals surface area contributed by atoms with Crippen molar-refractivity contribution in [3.8, 4) is 5.69 Å². The molecule has 6 nitrogen and oxygen atoms in total. The zero-order chi connectivity index (χ0) is 23.5. The highest BCUT2D eigenvalue weighted by atomic mass is 35.5. The minimum absolute atomic E-state index is 0.0550. The molecule has 172 valence electrons. The first-order chi connectivity index (χ1) is 15.9. The summed E-state index contributed by atoms with van der Waals surface area (Å²) in [5.41, 5.74) is 6.72. The summed E-state index contributed by atoms with van der Waals surface area (Å²) in [7, 11) is 1.65. The van der Waals surface area contributed by atoms with Gasteiger partial charge in [-0.1, -0.05) is 18.2 Å². The number of rotatable bonds is 8. The Labute approximate surface area is 199 Å². The van der Waals surface area contributed by atoms with E-state index in [2.05, 4.69) is 41.6 Å². The van der Waals surface area contributed by atoms with Crippen LogP contribution < -0.4 is 0 Å². The maximum atomic E-state index is 13.5. The third kappa shape index (κ3) is 4.54. The summed E-state index contributed by atoms with van der Waals surface area (Å²) < 4.78 is 9.44. The van der Waals surface area contributed by atoms with Gasteiger partial charge in [-0.05, 0) is 74.3 Å². The van der Waals surface area contributed by atoms with Crippen LogP contribution in [-0.2, 0) is 17.8 Å². The normalized spacial score (nSPS) is 11.3. The van der Waals surface area contributed by atoms with Crippen LogP contribution in [0, 0.1) is 13.8 Å². The number of benzene rings is 2. The molecule has 1 amide bonds. The maximum Gasteiger partial charge on any atom is 0.254 e. The lowest BCUT2D eigenvalue weighted by molar-refractivity contribution is 0.0680. The van der Waals surface area contributed by atoms with Gasteiger partial charge in [-0.3, -0.25) is 4.79 Å². The lowest BCUT2D eigenvalue weighted by atomic mass is 10.1. The fourth-order valence-electron chi connectivity index (χ4n) is 4.34. The first-order valence-electron chi connectivity index (χ1n) is 11.1. The summed E-state index contributed by atoms with van der Waals surface area (Å²) in [4.78, 5) is 19.8. The van der Waals surface area contributed by atoms with Crippen LogP contribution in [0.2, 0.25) is 5.28 Å². The molecule has 0 aliphatic rings. The van der Waals surface area contributed by atoms with Crippen LogP contribution in [0.15, 0.2) is 54.6 Å². The number of ether oxygens (including phenoxy) is 1. The molecule has 7 heteroatoms. The van der Waals surface area contributed by atoms with Gasteiger partial charge in [-0.2, -0.15) is 0 Å². The Morgan fingerprint density at radius 3 is 2.58 bits per heavy atom. The van der Waals surface area contributed by atoms with Crippen molar-refractivity contribution in [2.24, 2.45) is 0 Å². The zero-order valence-electron chi connectivity index (χ0n) is 19.5. The molecular weight excluding hydrogens is 436 g/mol. The Bertz CT molecular complexity index is 1280. The molecule has 4 rings (SSSR count). The van der Waals surface area contributed by atoms with E-state index in [0.717, 1.165) is 40.2 Å². The average molecular weight is 465 g/mol. The third-order valence-electron chi connectivity index (χ3n) is 6.03.